The maximum atomic E-state index is 11.4. The van der Waals surface area contributed by atoms with E-state index in [2.05, 4.69) is 24.5 Å². The molecule has 244 valence electrons. The van der Waals surface area contributed by atoms with Crippen molar-refractivity contribution >= 4 is 0 Å². The molecule has 1 fully saturated rings. The fourth-order valence-electron chi connectivity index (χ4n) is 6.29. The molecule has 4 N–H and O–H groups in total. The van der Waals surface area contributed by atoms with Gasteiger partial charge in [0.2, 0.25) is 0 Å². The molecule has 6 heteroatoms. The lowest BCUT2D eigenvalue weighted by molar-refractivity contribution is 0.279. The highest BCUT2D eigenvalue weighted by Gasteiger charge is 2.25. The Morgan fingerprint density at radius 2 is 0.978 bits per heavy atom. The summed E-state index contributed by atoms with van der Waals surface area (Å²) in [6.07, 6.45) is 8.58. The summed E-state index contributed by atoms with van der Waals surface area (Å²) in [6.45, 7) is 6.76. The third kappa shape index (κ3) is 8.42. The molecule has 0 heterocycles. The van der Waals surface area contributed by atoms with Gasteiger partial charge in [-0.05, 0) is 37.8 Å². The van der Waals surface area contributed by atoms with Crippen LogP contribution >= 0.6 is 0 Å². The van der Waals surface area contributed by atoms with Crippen LogP contribution in [0.2, 0.25) is 0 Å². The van der Waals surface area contributed by atoms with E-state index in [0.717, 1.165) is 83.4 Å². The number of para-hydroxylation sites is 4. The van der Waals surface area contributed by atoms with Crippen molar-refractivity contribution in [1.82, 2.24) is 10.6 Å². The second kappa shape index (κ2) is 17.1. The van der Waals surface area contributed by atoms with Crippen molar-refractivity contribution in [1.29, 1.82) is 0 Å². The maximum Gasteiger partial charge on any atom is 0.128 e. The lowest BCUT2D eigenvalue weighted by Gasteiger charge is -2.33. The van der Waals surface area contributed by atoms with Gasteiger partial charge < -0.3 is 30.3 Å². The molecule has 4 aromatic carbocycles. The van der Waals surface area contributed by atoms with Gasteiger partial charge in [0.25, 0.3) is 0 Å². The van der Waals surface area contributed by atoms with Crippen molar-refractivity contribution in [2.45, 2.75) is 90.4 Å². The van der Waals surface area contributed by atoms with Crippen LogP contribution in [0.4, 0.5) is 0 Å². The molecular weight excluding hydrogens is 572 g/mol. The Morgan fingerprint density at radius 1 is 0.565 bits per heavy atom. The molecule has 1 aliphatic rings. The third-order valence-corrected chi connectivity index (χ3v) is 8.98. The number of hydrogen-bond donors (Lipinski definition) is 4. The standard InChI is InChI=1S/C40H50N2O4/c1-3-5-25-45-37-23-11-7-17-31(37)33-19-13-15-29(39(33)43)27-41-35-21-9-10-22-36(35)42-28-30-16-14-20-34(40(30)44)32-18-8-12-24-38(32)46-26-6-4-2/h7-8,11-20,23-24,35-36,41-44H,3-6,9-10,21-22,25-28H2,1-2H3/t35-,36-/m1/s1. The van der Waals surface area contributed by atoms with E-state index in [0.29, 0.717) is 37.8 Å². The number of phenolic OH excluding ortho intramolecular Hbond substituents is 2. The van der Waals surface area contributed by atoms with E-state index >= 15 is 0 Å². The van der Waals surface area contributed by atoms with Crippen LogP contribution in [0.1, 0.15) is 76.3 Å². The van der Waals surface area contributed by atoms with E-state index in [1.54, 1.807) is 0 Å². The molecule has 0 saturated heterocycles. The summed E-state index contributed by atoms with van der Waals surface area (Å²) in [4.78, 5) is 0. The second-order valence-corrected chi connectivity index (χ2v) is 12.3. The van der Waals surface area contributed by atoms with Gasteiger partial charge in [-0.2, -0.15) is 0 Å². The van der Waals surface area contributed by atoms with E-state index in [4.69, 9.17) is 9.47 Å². The van der Waals surface area contributed by atoms with Crippen LogP contribution in [0.3, 0.4) is 0 Å². The molecular formula is C40H50N2O4. The van der Waals surface area contributed by atoms with Crippen molar-refractivity contribution in [3.63, 3.8) is 0 Å². The van der Waals surface area contributed by atoms with Gasteiger partial charge in [0, 0.05) is 58.6 Å². The van der Waals surface area contributed by atoms with Crippen LogP contribution in [-0.2, 0) is 13.1 Å². The zero-order valence-corrected chi connectivity index (χ0v) is 27.4. The molecule has 0 amide bonds. The van der Waals surface area contributed by atoms with Gasteiger partial charge in [0.1, 0.15) is 23.0 Å². The molecule has 0 spiro atoms. The minimum Gasteiger partial charge on any atom is -0.507 e. The molecule has 0 unspecified atom stereocenters. The fourth-order valence-corrected chi connectivity index (χ4v) is 6.29. The zero-order chi connectivity index (χ0) is 32.1. The number of aromatic hydroxyl groups is 2. The Balaban J connectivity index is 1.25. The normalized spacial score (nSPS) is 16.3. The van der Waals surface area contributed by atoms with Crippen molar-refractivity contribution < 1.29 is 19.7 Å². The van der Waals surface area contributed by atoms with E-state index in [1.807, 2.05) is 84.9 Å². The Kier molecular flexibility index (Phi) is 12.4. The minimum atomic E-state index is 0.250. The first-order valence-electron chi connectivity index (χ1n) is 17.1. The topological polar surface area (TPSA) is 83.0 Å². The van der Waals surface area contributed by atoms with Crippen LogP contribution in [0.5, 0.6) is 23.0 Å². The molecule has 0 aromatic heterocycles. The molecule has 5 rings (SSSR count). The molecule has 0 aliphatic heterocycles. The number of ether oxygens (including phenoxy) is 2. The van der Waals surface area contributed by atoms with Gasteiger partial charge in [-0.3, -0.25) is 0 Å². The molecule has 46 heavy (non-hydrogen) atoms. The fraction of sp³-hybridized carbons (Fsp3) is 0.400. The molecule has 2 atom stereocenters. The van der Waals surface area contributed by atoms with Gasteiger partial charge in [-0.1, -0.05) is 112 Å². The van der Waals surface area contributed by atoms with Gasteiger partial charge in [0.15, 0.2) is 0 Å². The van der Waals surface area contributed by atoms with Crippen LogP contribution in [0.25, 0.3) is 22.3 Å². The monoisotopic (exact) mass is 622 g/mol. The van der Waals surface area contributed by atoms with Gasteiger partial charge in [-0.25, -0.2) is 0 Å². The van der Waals surface area contributed by atoms with Crippen molar-refractivity contribution in [3.8, 4) is 45.3 Å². The second-order valence-electron chi connectivity index (χ2n) is 12.3. The molecule has 1 saturated carbocycles. The summed E-state index contributed by atoms with van der Waals surface area (Å²) in [7, 11) is 0. The van der Waals surface area contributed by atoms with Gasteiger partial charge in [0.05, 0.1) is 13.2 Å². The quantitative estimate of drug-likeness (QED) is 0.0934. The lowest BCUT2D eigenvalue weighted by atomic mass is 9.89. The molecule has 1 aliphatic carbocycles. The first-order valence-corrected chi connectivity index (χ1v) is 17.1. The third-order valence-electron chi connectivity index (χ3n) is 8.98. The summed E-state index contributed by atoms with van der Waals surface area (Å²) in [6, 6.07) is 28.3. The van der Waals surface area contributed by atoms with Crippen LogP contribution in [-0.4, -0.2) is 35.5 Å². The van der Waals surface area contributed by atoms with E-state index in [1.165, 1.54) is 12.8 Å². The van der Waals surface area contributed by atoms with Gasteiger partial charge >= 0.3 is 0 Å². The summed E-state index contributed by atoms with van der Waals surface area (Å²) in [5, 5.41) is 30.2. The first-order chi connectivity index (χ1) is 22.6. The molecule has 0 bridgehead atoms. The smallest absolute Gasteiger partial charge is 0.128 e. The average Bonchev–Trinajstić information content (AvgIpc) is 3.09. The molecule has 0 radical (unpaired) electrons. The summed E-state index contributed by atoms with van der Waals surface area (Å²) < 4.78 is 12.1. The Morgan fingerprint density at radius 3 is 1.41 bits per heavy atom. The molecule has 6 nitrogen and oxygen atoms in total. The highest BCUT2D eigenvalue weighted by Crippen LogP contribution is 2.39. The summed E-state index contributed by atoms with van der Waals surface area (Å²) in [5.41, 5.74) is 5.14. The highest BCUT2D eigenvalue weighted by atomic mass is 16.5. The largest absolute Gasteiger partial charge is 0.507 e. The highest BCUT2D eigenvalue weighted by molar-refractivity contribution is 5.77. The summed E-state index contributed by atoms with van der Waals surface area (Å²) in [5.74, 6) is 2.19. The Labute approximate surface area is 274 Å². The van der Waals surface area contributed by atoms with Crippen molar-refractivity contribution in [2.24, 2.45) is 0 Å². The Bertz CT molecular complexity index is 1420. The zero-order valence-electron chi connectivity index (χ0n) is 27.4. The number of nitrogens with one attached hydrogen (secondary N) is 2. The molecule has 4 aromatic rings. The number of rotatable bonds is 16. The van der Waals surface area contributed by atoms with Crippen LogP contribution < -0.4 is 20.1 Å². The average molecular weight is 623 g/mol. The maximum absolute atomic E-state index is 11.4. The Hall–Kier alpha value is -4.00. The van der Waals surface area contributed by atoms with Crippen LogP contribution in [0, 0.1) is 0 Å². The van der Waals surface area contributed by atoms with Crippen LogP contribution in [0.15, 0.2) is 84.9 Å². The number of hydrogen-bond acceptors (Lipinski definition) is 6. The van der Waals surface area contributed by atoms with Gasteiger partial charge in [-0.15, -0.1) is 0 Å². The number of phenols is 2. The predicted octanol–water partition coefficient (Wildman–Crippen LogP) is 8.98. The lowest BCUT2D eigenvalue weighted by Crippen LogP contribution is -2.49. The predicted molar refractivity (Wildman–Crippen MR) is 188 cm³/mol. The number of benzene rings is 4. The van der Waals surface area contributed by atoms with Crippen molar-refractivity contribution in [2.75, 3.05) is 13.2 Å². The van der Waals surface area contributed by atoms with Crippen molar-refractivity contribution in [3.05, 3.63) is 96.1 Å². The van der Waals surface area contributed by atoms with E-state index in [-0.39, 0.29) is 12.1 Å². The SMILES string of the molecule is CCCCOc1ccccc1-c1cccc(CN[C@@H]2CCCC[C@H]2NCc2cccc(-c3ccccc3OCCCC)c2O)c1O. The van der Waals surface area contributed by atoms with E-state index in [9.17, 15) is 10.2 Å². The number of unbranched alkanes of at least 4 members (excludes halogenated alkanes) is 2. The summed E-state index contributed by atoms with van der Waals surface area (Å²) >= 11 is 0. The first kappa shape index (κ1) is 33.4. The van der Waals surface area contributed by atoms with E-state index < -0.39 is 0 Å². The minimum absolute atomic E-state index is 0.250.